The summed E-state index contributed by atoms with van der Waals surface area (Å²) in [6.45, 7) is 1.68. The Hall–Kier alpha value is -1.67. The zero-order valence-corrected chi connectivity index (χ0v) is 9.73. The summed E-state index contributed by atoms with van der Waals surface area (Å²) in [5.74, 6) is -0.224. The van der Waals surface area contributed by atoms with E-state index < -0.39 is 6.10 Å². The molecule has 1 nitrogen and oxygen atoms in total. The van der Waals surface area contributed by atoms with Crippen LogP contribution in [0.1, 0.15) is 29.7 Å². The first-order chi connectivity index (χ1) is 8.16. The first-order valence-corrected chi connectivity index (χ1v) is 5.67. The van der Waals surface area contributed by atoms with Crippen LogP contribution in [0.3, 0.4) is 0 Å². The maximum atomic E-state index is 13.6. The van der Waals surface area contributed by atoms with Crippen LogP contribution in [0.4, 0.5) is 4.39 Å². The van der Waals surface area contributed by atoms with E-state index in [-0.39, 0.29) is 5.82 Å². The summed E-state index contributed by atoms with van der Waals surface area (Å²) in [6.07, 6.45) is -0.0159. The third kappa shape index (κ3) is 2.92. The van der Waals surface area contributed by atoms with Crippen LogP contribution in [-0.4, -0.2) is 5.11 Å². The number of hydrogen-bond acceptors (Lipinski definition) is 1. The van der Waals surface area contributed by atoms with E-state index in [0.717, 1.165) is 11.1 Å². The Morgan fingerprint density at radius 2 is 1.82 bits per heavy atom. The number of aliphatic hydroxyl groups excluding tert-OH is 1. The molecule has 0 heterocycles. The van der Waals surface area contributed by atoms with Crippen LogP contribution in [-0.2, 0) is 6.42 Å². The quantitative estimate of drug-likeness (QED) is 0.856. The summed E-state index contributed by atoms with van der Waals surface area (Å²) in [6, 6.07) is 14.5. The molecule has 2 heteroatoms. The number of hydrogen-bond donors (Lipinski definition) is 1. The van der Waals surface area contributed by atoms with Crippen molar-refractivity contribution in [2.45, 2.75) is 19.4 Å². The van der Waals surface area contributed by atoms with E-state index in [1.165, 1.54) is 6.07 Å². The molecule has 0 bridgehead atoms. The van der Waals surface area contributed by atoms with Crippen LogP contribution in [0, 0.1) is 5.82 Å². The smallest absolute Gasteiger partial charge is 0.126 e. The molecule has 0 fully saturated rings. The largest absolute Gasteiger partial charge is 0.389 e. The van der Waals surface area contributed by atoms with Gasteiger partial charge in [0.25, 0.3) is 0 Å². The van der Waals surface area contributed by atoms with Crippen molar-refractivity contribution in [1.29, 1.82) is 0 Å². The van der Waals surface area contributed by atoms with Gasteiger partial charge in [0.15, 0.2) is 0 Å². The molecule has 2 aromatic carbocycles. The van der Waals surface area contributed by atoms with Gasteiger partial charge in [0, 0.05) is 6.42 Å². The van der Waals surface area contributed by atoms with Crippen molar-refractivity contribution in [2.24, 2.45) is 0 Å². The van der Waals surface area contributed by atoms with Crippen molar-refractivity contribution in [1.82, 2.24) is 0 Å². The van der Waals surface area contributed by atoms with Crippen LogP contribution in [0.15, 0.2) is 48.5 Å². The molecule has 0 amide bonds. The zero-order valence-electron chi connectivity index (χ0n) is 9.73. The first-order valence-electron chi connectivity index (χ1n) is 5.67. The highest BCUT2D eigenvalue weighted by Crippen LogP contribution is 2.19. The molecule has 2 rings (SSSR count). The molecule has 1 atom stereocenters. The Kier molecular flexibility index (Phi) is 3.55. The number of rotatable bonds is 3. The van der Waals surface area contributed by atoms with Gasteiger partial charge in [0.2, 0.25) is 0 Å². The Bertz CT molecular complexity index is 492. The lowest BCUT2D eigenvalue weighted by Gasteiger charge is -2.09. The van der Waals surface area contributed by atoms with Gasteiger partial charge in [0.05, 0.1) is 6.10 Å². The van der Waals surface area contributed by atoms with Crippen molar-refractivity contribution in [2.75, 3.05) is 0 Å². The molecule has 0 aliphatic carbocycles. The van der Waals surface area contributed by atoms with E-state index in [4.69, 9.17) is 0 Å². The predicted octanol–water partition coefficient (Wildman–Crippen LogP) is 3.47. The van der Waals surface area contributed by atoms with Crippen LogP contribution >= 0.6 is 0 Å². The average molecular weight is 230 g/mol. The van der Waals surface area contributed by atoms with E-state index >= 15 is 0 Å². The van der Waals surface area contributed by atoms with Crippen LogP contribution < -0.4 is 0 Å². The fourth-order valence-electron chi connectivity index (χ4n) is 1.81. The summed E-state index contributed by atoms with van der Waals surface area (Å²) in [7, 11) is 0. The molecule has 88 valence electrons. The molecule has 0 aliphatic rings. The highest BCUT2D eigenvalue weighted by atomic mass is 19.1. The minimum Gasteiger partial charge on any atom is -0.389 e. The second-order valence-electron chi connectivity index (χ2n) is 4.19. The van der Waals surface area contributed by atoms with Crippen molar-refractivity contribution in [3.05, 3.63) is 71.0 Å². The summed E-state index contributed by atoms with van der Waals surface area (Å²) in [5.41, 5.74) is 2.43. The maximum absolute atomic E-state index is 13.6. The Morgan fingerprint density at radius 3 is 2.47 bits per heavy atom. The molecule has 1 unspecified atom stereocenters. The number of benzene rings is 2. The summed E-state index contributed by atoms with van der Waals surface area (Å²) in [4.78, 5) is 0. The second-order valence-corrected chi connectivity index (χ2v) is 4.19. The van der Waals surface area contributed by atoms with Gasteiger partial charge in [-0.05, 0) is 35.7 Å². The van der Waals surface area contributed by atoms with Gasteiger partial charge in [-0.3, -0.25) is 0 Å². The molecule has 0 spiro atoms. The van der Waals surface area contributed by atoms with Gasteiger partial charge in [-0.2, -0.15) is 0 Å². The van der Waals surface area contributed by atoms with E-state index in [0.29, 0.717) is 12.0 Å². The van der Waals surface area contributed by atoms with Crippen molar-refractivity contribution in [3.63, 3.8) is 0 Å². The third-order valence-corrected chi connectivity index (χ3v) is 2.79. The van der Waals surface area contributed by atoms with Crippen LogP contribution in [0.2, 0.25) is 0 Å². The summed E-state index contributed by atoms with van der Waals surface area (Å²) < 4.78 is 13.6. The fraction of sp³-hybridized carbons (Fsp3) is 0.200. The lowest BCUT2D eigenvalue weighted by molar-refractivity contribution is 0.199. The first kappa shape index (κ1) is 11.8. The molecule has 1 N–H and O–H groups in total. The van der Waals surface area contributed by atoms with Crippen molar-refractivity contribution in [3.8, 4) is 0 Å². The molecule has 0 radical (unpaired) electrons. The second kappa shape index (κ2) is 5.11. The normalized spacial score (nSPS) is 12.4. The van der Waals surface area contributed by atoms with E-state index in [2.05, 4.69) is 0 Å². The molecule has 0 saturated carbocycles. The summed E-state index contributed by atoms with van der Waals surface area (Å²) >= 11 is 0. The minimum atomic E-state index is -0.565. The predicted molar refractivity (Wildman–Crippen MR) is 66.3 cm³/mol. The van der Waals surface area contributed by atoms with E-state index in [9.17, 15) is 9.50 Å². The molecule has 0 aromatic heterocycles. The number of aliphatic hydroxyl groups is 1. The lowest BCUT2D eigenvalue weighted by Crippen LogP contribution is -1.97. The average Bonchev–Trinajstić information content (AvgIpc) is 2.33. The van der Waals surface area contributed by atoms with Crippen molar-refractivity contribution >= 4 is 0 Å². The fourth-order valence-corrected chi connectivity index (χ4v) is 1.81. The van der Waals surface area contributed by atoms with Gasteiger partial charge < -0.3 is 5.11 Å². The minimum absolute atomic E-state index is 0.224. The Labute approximate surface area is 101 Å². The molecule has 0 saturated heterocycles. The van der Waals surface area contributed by atoms with Gasteiger partial charge in [-0.15, -0.1) is 0 Å². The van der Waals surface area contributed by atoms with E-state index in [1.807, 2.05) is 30.3 Å². The SMILES string of the molecule is CC(O)c1ccc(F)c(Cc2ccccc2)c1. The zero-order chi connectivity index (χ0) is 12.3. The summed E-state index contributed by atoms with van der Waals surface area (Å²) in [5, 5.41) is 9.48. The third-order valence-electron chi connectivity index (χ3n) is 2.79. The highest BCUT2D eigenvalue weighted by molar-refractivity contribution is 5.31. The standard InChI is InChI=1S/C15H15FO/c1-11(17)13-7-8-15(16)14(10-13)9-12-5-3-2-4-6-12/h2-8,10-11,17H,9H2,1H3. The molecular formula is C15H15FO. The lowest BCUT2D eigenvalue weighted by atomic mass is 10.0. The van der Waals surface area contributed by atoms with Gasteiger partial charge in [-0.1, -0.05) is 36.4 Å². The monoisotopic (exact) mass is 230 g/mol. The maximum Gasteiger partial charge on any atom is 0.126 e. The molecular weight excluding hydrogens is 215 g/mol. The number of halogens is 1. The van der Waals surface area contributed by atoms with E-state index in [1.54, 1.807) is 19.1 Å². The van der Waals surface area contributed by atoms with Gasteiger partial charge in [-0.25, -0.2) is 4.39 Å². The Morgan fingerprint density at radius 1 is 1.12 bits per heavy atom. The van der Waals surface area contributed by atoms with Crippen LogP contribution in [0.25, 0.3) is 0 Å². The van der Waals surface area contributed by atoms with Gasteiger partial charge >= 0.3 is 0 Å². The van der Waals surface area contributed by atoms with Crippen molar-refractivity contribution < 1.29 is 9.50 Å². The molecule has 17 heavy (non-hydrogen) atoms. The Balaban J connectivity index is 2.29. The van der Waals surface area contributed by atoms with Gasteiger partial charge in [0.1, 0.15) is 5.82 Å². The molecule has 2 aromatic rings. The molecule has 0 aliphatic heterocycles. The van der Waals surface area contributed by atoms with Crippen LogP contribution in [0.5, 0.6) is 0 Å². The highest BCUT2D eigenvalue weighted by Gasteiger charge is 2.07. The topological polar surface area (TPSA) is 20.2 Å².